The second-order valence-electron chi connectivity index (χ2n) is 5.72. The summed E-state index contributed by atoms with van der Waals surface area (Å²) >= 11 is 0. The van der Waals surface area contributed by atoms with E-state index in [1.165, 1.54) is 0 Å². The van der Waals surface area contributed by atoms with Crippen LogP contribution in [0.5, 0.6) is 0 Å². The number of esters is 2. The molecule has 0 aliphatic carbocycles. The summed E-state index contributed by atoms with van der Waals surface area (Å²) in [5.41, 5.74) is -1.51. The molecule has 0 rings (SSSR count). The van der Waals surface area contributed by atoms with Crippen LogP contribution in [0.15, 0.2) is 0 Å². The molecule has 0 aromatic heterocycles. The molecule has 0 aromatic rings. The standard InChI is InChI=1S/C17H28O8/c1-3-24-15(22)17(16(23)25-4-2,11-7-5-9-13(18)19)12-8-6-10-14(20)21/h3-12H2,1-2H3,(H,18,19)(H,20,21). The summed E-state index contributed by atoms with van der Waals surface area (Å²) < 4.78 is 10.1. The summed E-state index contributed by atoms with van der Waals surface area (Å²) in [6.07, 6.45) is 1.47. The molecule has 25 heavy (non-hydrogen) atoms. The predicted octanol–water partition coefficient (Wildman–Crippen LogP) is 2.39. The number of rotatable bonds is 14. The lowest BCUT2D eigenvalue weighted by atomic mass is 9.77. The molecule has 0 unspecified atom stereocenters. The van der Waals surface area contributed by atoms with Crippen LogP contribution in [0.4, 0.5) is 0 Å². The van der Waals surface area contributed by atoms with Crippen LogP contribution in [-0.4, -0.2) is 47.3 Å². The highest BCUT2D eigenvalue weighted by molar-refractivity contribution is 6.00. The molecule has 0 fully saturated rings. The number of carboxylic acid groups (broad SMARTS) is 2. The van der Waals surface area contributed by atoms with E-state index >= 15 is 0 Å². The van der Waals surface area contributed by atoms with Crippen LogP contribution < -0.4 is 0 Å². The minimum Gasteiger partial charge on any atom is -0.481 e. The highest BCUT2D eigenvalue weighted by atomic mass is 16.6. The van der Waals surface area contributed by atoms with Crippen molar-refractivity contribution >= 4 is 23.9 Å². The minimum atomic E-state index is -1.51. The summed E-state index contributed by atoms with van der Waals surface area (Å²) in [6.45, 7) is 3.46. The van der Waals surface area contributed by atoms with E-state index in [1.54, 1.807) is 13.8 Å². The van der Waals surface area contributed by atoms with Crippen molar-refractivity contribution in [2.75, 3.05) is 13.2 Å². The van der Waals surface area contributed by atoms with Crippen LogP contribution in [0, 0.1) is 5.41 Å². The second-order valence-corrected chi connectivity index (χ2v) is 5.72. The van der Waals surface area contributed by atoms with Crippen LogP contribution >= 0.6 is 0 Å². The van der Waals surface area contributed by atoms with Crippen LogP contribution in [0.3, 0.4) is 0 Å². The molecule has 8 heteroatoms. The first-order valence-corrected chi connectivity index (χ1v) is 8.58. The zero-order chi connectivity index (χ0) is 19.3. The van der Waals surface area contributed by atoms with Gasteiger partial charge in [0, 0.05) is 12.8 Å². The fraction of sp³-hybridized carbons (Fsp3) is 0.765. The number of carbonyl (C=O) groups excluding carboxylic acids is 2. The lowest BCUT2D eigenvalue weighted by Crippen LogP contribution is -2.42. The van der Waals surface area contributed by atoms with Gasteiger partial charge in [0.2, 0.25) is 0 Å². The van der Waals surface area contributed by atoms with Gasteiger partial charge >= 0.3 is 23.9 Å². The summed E-state index contributed by atoms with van der Waals surface area (Å²) in [5, 5.41) is 17.4. The first-order chi connectivity index (χ1) is 11.8. The molecular weight excluding hydrogens is 332 g/mol. The molecule has 0 aromatic carbocycles. The van der Waals surface area contributed by atoms with E-state index in [4.69, 9.17) is 19.7 Å². The molecule has 0 saturated heterocycles. The predicted molar refractivity (Wildman–Crippen MR) is 87.9 cm³/mol. The van der Waals surface area contributed by atoms with E-state index in [0.717, 1.165) is 0 Å². The highest BCUT2D eigenvalue weighted by Crippen LogP contribution is 2.35. The van der Waals surface area contributed by atoms with Gasteiger partial charge in [0.15, 0.2) is 5.41 Å². The quantitative estimate of drug-likeness (QED) is 0.274. The number of hydrogen-bond donors (Lipinski definition) is 2. The smallest absolute Gasteiger partial charge is 0.323 e. The first-order valence-electron chi connectivity index (χ1n) is 8.58. The summed E-state index contributed by atoms with van der Waals surface area (Å²) in [4.78, 5) is 46.2. The molecule has 0 heterocycles. The number of aliphatic carboxylic acids is 2. The lowest BCUT2D eigenvalue weighted by Gasteiger charge is -2.29. The van der Waals surface area contributed by atoms with Gasteiger partial charge in [-0.1, -0.05) is 12.8 Å². The molecule has 144 valence electrons. The Bertz CT molecular complexity index is 416. The van der Waals surface area contributed by atoms with Gasteiger partial charge in [-0.15, -0.1) is 0 Å². The Kier molecular flexibility index (Phi) is 11.2. The average Bonchev–Trinajstić information content (AvgIpc) is 2.53. The normalized spacial score (nSPS) is 11.0. The van der Waals surface area contributed by atoms with E-state index in [9.17, 15) is 19.2 Å². The number of ether oxygens (including phenoxy) is 2. The third-order valence-electron chi connectivity index (χ3n) is 3.82. The van der Waals surface area contributed by atoms with E-state index in [-0.39, 0.29) is 38.9 Å². The first kappa shape index (κ1) is 22.9. The molecule has 8 nitrogen and oxygen atoms in total. The number of unbranched alkanes of at least 4 members (excludes halogenated alkanes) is 2. The van der Waals surface area contributed by atoms with Crippen molar-refractivity contribution in [3.63, 3.8) is 0 Å². The van der Waals surface area contributed by atoms with Gasteiger partial charge < -0.3 is 19.7 Å². The fourth-order valence-electron chi connectivity index (χ4n) is 2.56. The maximum atomic E-state index is 12.5. The third-order valence-corrected chi connectivity index (χ3v) is 3.82. The zero-order valence-electron chi connectivity index (χ0n) is 14.9. The molecule has 0 spiro atoms. The lowest BCUT2D eigenvalue weighted by molar-refractivity contribution is -0.173. The maximum absolute atomic E-state index is 12.5. The molecule has 0 aliphatic heterocycles. The molecule has 0 amide bonds. The summed E-state index contributed by atoms with van der Waals surface area (Å²) in [5.74, 6) is -3.28. The van der Waals surface area contributed by atoms with Gasteiger partial charge in [0.25, 0.3) is 0 Å². The van der Waals surface area contributed by atoms with Gasteiger partial charge in [-0.3, -0.25) is 19.2 Å². The number of carboxylic acids is 2. The molecule has 0 radical (unpaired) electrons. The molecular formula is C17H28O8. The largest absolute Gasteiger partial charge is 0.481 e. The van der Waals surface area contributed by atoms with Gasteiger partial charge in [0.05, 0.1) is 13.2 Å². The van der Waals surface area contributed by atoms with Crippen molar-refractivity contribution in [1.29, 1.82) is 0 Å². The Morgan fingerprint density at radius 2 is 1.08 bits per heavy atom. The van der Waals surface area contributed by atoms with E-state index < -0.39 is 29.3 Å². The SMILES string of the molecule is CCOC(=O)C(CCCCC(=O)O)(CCCCC(=O)O)C(=O)OCC. The van der Waals surface area contributed by atoms with Crippen LogP contribution in [0.2, 0.25) is 0 Å². The van der Waals surface area contributed by atoms with Crippen molar-refractivity contribution in [2.45, 2.75) is 65.2 Å². The van der Waals surface area contributed by atoms with Crippen molar-refractivity contribution < 1.29 is 38.9 Å². The Balaban J connectivity index is 5.18. The van der Waals surface area contributed by atoms with Gasteiger partial charge in [-0.05, 0) is 39.5 Å². The second kappa shape index (κ2) is 12.3. The van der Waals surface area contributed by atoms with Crippen molar-refractivity contribution in [3.8, 4) is 0 Å². The van der Waals surface area contributed by atoms with Gasteiger partial charge in [0.1, 0.15) is 0 Å². The molecule has 0 aliphatic rings. The Morgan fingerprint density at radius 3 is 1.36 bits per heavy atom. The van der Waals surface area contributed by atoms with Crippen molar-refractivity contribution in [2.24, 2.45) is 5.41 Å². The molecule has 0 saturated carbocycles. The Morgan fingerprint density at radius 1 is 0.720 bits per heavy atom. The Hall–Kier alpha value is -2.12. The molecule has 0 atom stereocenters. The van der Waals surface area contributed by atoms with Gasteiger partial charge in [-0.25, -0.2) is 0 Å². The van der Waals surface area contributed by atoms with Crippen molar-refractivity contribution in [3.05, 3.63) is 0 Å². The fourth-order valence-corrected chi connectivity index (χ4v) is 2.56. The van der Waals surface area contributed by atoms with Crippen LogP contribution in [0.25, 0.3) is 0 Å². The van der Waals surface area contributed by atoms with E-state index in [2.05, 4.69) is 0 Å². The van der Waals surface area contributed by atoms with Gasteiger partial charge in [-0.2, -0.15) is 0 Å². The number of hydrogen-bond acceptors (Lipinski definition) is 6. The van der Waals surface area contributed by atoms with Crippen LogP contribution in [0.1, 0.15) is 65.2 Å². The number of carbonyl (C=O) groups is 4. The highest BCUT2D eigenvalue weighted by Gasteiger charge is 2.47. The Labute approximate surface area is 147 Å². The van der Waals surface area contributed by atoms with E-state index in [1.807, 2.05) is 0 Å². The molecule has 0 bridgehead atoms. The summed E-state index contributed by atoms with van der Waals surface area (Å²) in [7, 11) is 0. The molecule has 2 N–H and O–H groups in total. The summed E-state index contributed by atoms with van der Waals surface area (Å²) in [6, 6.07) is 0. The average molecular weight is 360 g/mol. The monoisotopic (exact) mass is 360 g/mol. The maximum Gasteiger partial charge on any atom is 0.323 e. The van der Waals surface area contributed by atoms with Crippen LogP contribution in [-0.2, 0) is 28.7 Å². The zero-order valence-corrected chi connectivity index (χ0v) is 14.9. The minimum absolute atomic E-state index is 0.0548. The third kappa shape index (κ3) is 8.51. The van der Waals surface area contributed by atoms with Crippen molar-refractivity contribution in [1.82, 2.24) is 0 Å². The van der Waals surface area contributed by atoms with E-state index in [0.29, 0.717) is 25.7 Å². The topological polar surface area (TPSA) is 127 Å².